The average Bonchev–Trinajstić information content (AvgIpc) is 2.90. The molecule has 0 radical (unpaired) electrons. The predicted octanol–water partition coefficient (Wildman–Crippen LogP) is 1.89. The SMILES string of the molecule is COC(=O)[C@H](CO)[n+]1c[nH]c(NC(C)(C)C)c1-c1ccccc1. The van der Waals surface area contributed by atoms with Gasteiger partial charge in [0.15, 0.2) is 5.69 Å². The third-order valence-electron chi connectivity index (χ3n) is 3.37. The lowest BCUT2D eigenvalue weighted by molar-refractivity contribution is -0.700. The number of anilines is 1. The number of methoxy groups -OCH3 is 1. The number of aliphatic hydroxyl groups excluding tert-OH is 1. The average molecular weight is 318 g/mol. The van der Waals surface area contributed by atoms with Gasteiger partial charge in [0.1, 0.15) is 0 Å². The number of rotatable bonds is 5. The summed E-state index contributed by atoms with van der Waals surface area (Å²) in [4.78, 5) is 15.1. The van der Waals surface area contributed by atoms with Gasteiger partial charge >= 0.3 is 5.97 Å². The minimum atomic E-state index is -0.804. The standard InChI is InChI=1S/C17H23N3O3/c1-17(2,3)19-15-14(12-8-6-5-7-9-12)20(11-18-15)13(10-21)16(22)23-4/h5-9,11,13,19,21H,10H2,1-4H3/p+1/t13-/m0/s1. The summed E-state index contributed by atoms with van der Waals surface area (Å²) in [6.45, 7) is 5.81. The molecule has 2 aromatic rings. The first kappa shape index (κ1) is 17.0. The molecule has 0 amide bonds. The molecule has 1 heterocycles. The van der Waals surface area contributed by atoms with Gasteiger partial charge in [-0.05, 0) is 20.8 Å². The molecule has 1 atom stereocenters. The Bertz CT molecular complexity index is 659. The Hall–Kier alpha value is -2.34. The van der Waals surface area contributed by atoms with Crippen molar-refractivity contribution in [2.75, 3.05) is 19.0 Å². The molecule has 2 rings (SSSR count). The molecule has 23 heavy (non-hydrogen) atoms. The van der Waals surface area contributed by atoms with Crippen molar-refractivity contribution in [1.29, 1.82) is 0 Å². The van der Waals surface area contributed by atoms with Crippen LogP contribution in [0.4, 0.5) is 5.82 Å². The number of hydrogen-bond donors (Lipinski definition) is 3. The lowest BCUT2D eigenvalue weighted by Crippen LogP contribution is -2.47. The summed E-state index contributed by atoms with van der Waals surface area (Å²) in [6.07, 6.45) is 1.67. The van der Waals surface area contributed by atoms with E-state index in [1.54, 1.807) is 10.9 Å². The van der Waals surface area contributed by atoms with Crippen molar-refractivity contribution < 1.29 is 19.2 Å². The van der Waals surface area contributed by atoms with Gasteiger partial charge in [0.2, 0.25) is 18.2 Å². The first-order valence-corrected chi connectivity index (χ1v) is 7.52. The molecule has 1 aromatic heterocycles. The number of hydrogen-bond acceptors (Lipinski definition) is 4. The number of aliphatic hydroxyl groups is 1. The Kier molecular flexibility index (Phi) is 5.05. The molecule has 6 nitrogen and oxygen atoms in total. The molecule has 0 aliphatic heterocycles. The topological polar surface area (TPSA) is 78.2 Å². The van der Waals surface area contributed by atoms with Crippen molar-refractivity contribution in [1.82, 2.24) is 4.98 Å². The molecule has 0 saturated heterocycles. The zero-order chi connectivity index (χ0) is 17.0. The van der Waals surface area contributed by atoms with Gasteiger partial charge < -0.3 is 15.2 Å². The second kappa shape index (κ2) is 6.83. The molecular weight excluding hydrogens is 294 g/mol. The van der Waals surface area contributed by atoms with Gasteiger partial charge in [0.25, 0.3) is 0 Å². The number of carbonyl (C=O) groups excluding carboxylic acids is 1. The van der Waals surface area contributed by atoms with Crippen LogP contribution in [-0.4, -0.2) is 35.3 Å². The van der Waals surface area contributed by atoms with Crippen molar-refractivity contribution in [3.8, 4) is 11.3 Å². The van der Waals surface area contributed by atoms with E-state index in [0.717, 1.165) is 17.1 Å². The van der Waals surface area contributed by atoms with Crippen LogP contribution in [0.2, 0.25) is 0 Å². The largest absolute Gasteiger partial charge is 0.466 e. The molecule has 6 heteroatoms. The van der Waals surface area contributed by atoms with E-state index < -0.39 is 12.0 Å². The Balaban J connectivity index is 2.57. The lowest BCUT2D eigenvalue weighted by Gasteiger charge is -2.20. The highest BCUT2D eigenvalue weighted by Crippen LogP contribution is 2.26. The molecule has 0 aliphatic rings. The fourth-order valence-corrected chi connectivity index (χ4v) is 2.41. The molecular formula is C17H24N3O3+. The van der Waals surface area contributed by atoms with E-state index in [0.29, 0.717) is 0 Å². The van der Waals surface area contributed by atoms with E-state index >= 15 is 0 Å². The number of aromatic amines is 1. The fraction of sp³-hybridized carbons (Fsp3) is 0.412. The van der Waals surface area contributed by atoms with Crippen molar-refractivity contribution in [3.05, 3.63) is 36.7 Å². The number of esters is 1. The van der Waals surface area contributed by atoms with Crippen LogP contribution in [0.25, 0.3) is 11.3 Å². The van der Waals surface area contributed by atoms with Crippen LogP contribution in [0.1, 0.15) is 26.8 Å². The van der Waals surface area contributed by atoms with E-state index in [2.05, 4.69) is 31.1 Å². The molecule has 1 aromatic carbocycles. The normalized spacial score (nSPS) is 12.7. The zero-order valence-electron chi connectivity index (χ0n) is 14.0. The Morgan fingerprint density at radius 2 is 2.00 bits per heavy atom. The molecule has 124 valence electrons. The highest BCUT2D eigenvalue weighted by Gasteiger charge is 2.32. The third-order valence-corrected chi connectivity index (χ3v) is 3.37. The van der Waals surface area contributed by atoms with Gasteiger partial charge in [0, 0.05) is 11.1 Å². The number of H-pyrrole nitrogens is 1. The second-order valence-corrected chi connectivity index (χ2v) is 6.37. The fourth-order valence-electron chi connectivity index (χ4n) is 2.41. The van der Waals surface area contributed by atoms with E-state index in [1.807, 2.05) is 30.3 Å². The van der Waals surface area contributed by atoms with Gasteiger partial charge in [-0.2, -0.15) is 0 Å². The summed E-state index contributed by atoms with van der Waals surface area (Å²) in [5.41, 5.74) is 1.57. The van der Waals surface area contributed by atoms with Crippen molar-refractivity contribution in [3.63, 3.8) is 0 Å². The van der Waals surface area contributed by atoms with E-state index in [1.165, 1.54) is 7.11 Å². The van der Waals surface area contributed by atoms with Crippen molar-refractivity contribution in [2.45, 2.75) is 32.4 Å². The van der Waals surface area contributed by atoms with Gasteiger partial charge in [-0.1, -0.05) is 30.3 Å². The lowest BCUT2D eigenvalue weighted by atomic mass is 10.1. The number of benzene rings is 1. The summed E-state index contributed by atoms with van der Waals surface area (Å²) < 4.78 is 6.51. The highest BCUT2D eigenvalue weighted by atomic mass is 16.5. The van der Waals surface area contributed by atoms with Gasteiger partial charge in [0.05, 0.1) is 13.7 Å². The van der Waals surface area contributed by atoms with Crippen LogP contribution in [0, 0.1) is 0 Å². The number of carbonyl (C=O) groups is 1. The Morgan fingerprint density at radius 3 is 2.52 bits per heavy atom. The maximum Gasteiger partial charge on any atom is 0.353 e. The van der Waals surface area contributed by atoms with Crippen LogP contribution in [0.3, 0.4) is 0 Å². The Labute approximate surface area is 136 Å². The third kappa shape index (κ3) is 3.90. The van der Waals surface area contributed by atoms with Gasteiger partial charge in [-0.15, -0.1) is 0 Å². The molecule has 0 aliphatic carbocycles. The van der Waals surface area contributed by atoms with Crippen LogP contribution in [-0.2, 0) is 9.53 Å². The zero-order valence-corrected chi connectivity index (χ0v) is 14.0. The highest BCUT2D eigenvalue weighted by molar-refractivity contribution is 5.74. The minimum Gasteiger partial charge on any atom is -0.466 e. The van der Waals surface area contributed by atoms with Crippen LogP contribution < -0.4 is 9.88 Å². The maximum atomic E-state index is 12.0. The molecule has 0 fully saturated rings. The summed E-state index contributed by atoms with van der Waals surface area (Å²) in [5, 5.41) is 13.0. The summed E-state index contributed by atoms with van der Waals surface area (Å²) in [6, 6.07) is 8.90. The summed E-state index contributed by atoms with van der Waals surface area (Å²) >= 11 is 0. The van der Waals surface area contributed by atoms with Gasteiger partial charge in [-0.3, -0.25) is 0 Å². The second-order valence-electron chi connectivity index (χ2n) is 6.37. The first-order valence-electron chi connectivity index (χ1n) is 7.52. The molecule has 0 unspecified atom stereocenters. The number of nitrogens with zero attached hydrogens (tertiary/aromatic N) is 1. The van der Waals surface area contributed by atoms with Crippen LogP contribution in [0.15, 0.2) is 36.7 Å². The van der Waals surface area contributed by atoms with Crippen LogP contribution in [0.5, 0.6) is 0 Å². The van der Waals surface area contributed by atoms with Crippen molar-refractivity contribution in [2.24, 2.45) is 0 Å². The predicted molar refractivity (Wildman–Crippen MR) is 87.9 cm³/mol. The maximum absolute atomic E-state index is 12.0. The van der Waals surface area contributed by atoms with Gasteiger partial charge in [-0.25, -0.2) is 14.3 Å². The minimum absolute atomic E-state index is 0.161. The quantitative estimate of drug-likeness (QED) is 0.581. The molecule has 0 bridgehead atoms. The monoisotopic (exact) mass is 318 g/mol. The van der Waals surface area contributed by atoms with E-state index in [4.69, 9.17) is 4.74 Å². The number of nitrogens with one attached hydrogen (secondary N) is 2. The van der Waals surface area contributed by atoms with Crippen molar-refractivity contribution >= 4 is 11.8 Å². The summed E-state index contributed by atoms with van der Waals surface area (Å²) in [7, 11) is 1.31. The number of ether oxygens (including phenoxy) is 1. The van der Waals surface area contributed by atoms with E-state index in [9.17, 15) is 9.90 Å². The van der Waals surface area contributed by atoms with E-state index in [-0.39, 0.29) is 12.1 Å². The molecule has 3 N–H and O–H groups in total. The smallest absolute Gasteiger partial charge is 0.353 e. The first-order chi connectivity index (χ1) is 10.9. The van der Waals surface area contributed by atoms with Crippen LogP contribution >= 0.6 is 0 Å². The Morgan fingerprint density at radius 1 is 1.35 bits per heavy atom. The summed E-state index contributed by atoms with van der Waals surface area (Å²) in [5.74, 6) is 0.294. The molecule has 0 spiro atoms. The number of aromatic nitrogens is 2. The molecule has 0 saturated carbocycles. The number of imidazole rings is 1.